The molecule has 1 heterocycles. The van der Waals surface area contributed by atoms with E-state index in [0.29, 0.717) is 41.8 Å². The van der Waals surface area contributed by atoms with E-state index in [9.17, 15) is 9.59 Å². The van der Waals surface area contributed by atoms with Crippen LogP contribution in [0, 0.1) is 0 Å². The SMILES string of the molecule is CCOc1ccc(C=C2SC(=S)N(CCCC(=O)N(C)Cc3ccccc3)C2=O)cc1. The number of ether oxygens (including phenoxy) is 1. The van der Waals surface area contributed by atoms with Gasteiger partial charge in [-0.05, 0) is 42.7 Å². The average molecular weight is 455 g/mol. The smallest absolute Gasteiger partial charge is 0.266 e. The number of amides is 2. The molecule has 0 N–H and O–H groups in total. The maximum atomic E-state index is 12.8. The van der Waals surface area contributed by atoms with Crippen LogP contribution in [0.1, 0.15) is 30.9 Å². The summed E-state index contributed by atoms with van der Waals surface area (Å²) in [4.78, 5) is 29.1. The number of benzene rings is 2. The van der Waals surface area contributed by atoms with E-state index in [4.69, 9.17) is 17.0 Å². The second-order valence-corrected chi connectivity index (χ2v) is 8.85. The van der Waals surface area contributed by atoms with Crippen LogP contribution in [0.4, 0.5) is 0 Å². The van der Waals surface area contributed by atoms with E-state index in [1.807, 2.05) is 67.6 Å². The maximum Gasteiger partial charge on any atom is 0.266 e. The molecule has 2 aromatic carbocycles. The first-order chi connectivity index (χ1) is 15.0. The quantitative estimate of drug-likeness (QED) is 0.405. The number of hydrogen-bond donors (Lipinski definition) is 0. The number of rotatable bonds is 9. The van der Waals surface area contributed by atoms with Gasteiger partial charge in [0.2, 0.25) is 5.91 Å². The highest BCUT2D eigenvalue weighted by Gasteiger charge is 2.31. The van der Waals surface area contributed by atoms with Gasteiger partial charge in [-0.25, -0.2) is 0 Å². The van der Waals surface area contributed by atoms with E-state index >= 15 is 0 Å². The molecular weight excluding hydrogens is 428 g/mol. The third-order valence-electron chi connectivity index (χ3n) is 4.82. The molecule has 0 aromatic heterocycles. The van der Waals surface area contributed by atoms with Crippen LogP contribution in [-0.2, 0) is 16.1 Å². The Labute approximate surface area is 193 Å². The van der Waals surface area contributed by atoms with Gasteiger partial charge in [-0.2, -0.15) is 0 Å². The zero-order valence-corrected chi connectivity index (χ0v) is 19.4. The highest BCUT2D eigenvalue weighted by atomic mass is 32.2. The number of carbonyl (C=O) groups excluding carboxylic acids is 2. The van der Waals surface area contributed by atoms with Crippen LogP contribution in [0.15, 0.2) is 59.5 Å². The lowest BCUT2D eigenvalue weighted by Gasteiger charge is -2.19. The Morgan fingerprint density at radius 1 is 1.16 bits per heavy atom. The topological polar surface area (TPSA) is 49.9 Å². The molecule has 1 aliphatic rings. The molecular formula is C24H26N2O3S2. The number of carbonyl (C=O) groups is 2. The molecule has 7 heteroatoms. The highest BCUT2D eigenvalue weighted by Crippen LogP contribution is 2.33. The summed E-state index contributed by atoms with van der Waals surface area (Å²) < 4.78 is 5.98. The third-order valence-corrected chi connectivity index (χ3v) is 6.20. The van der Waals surface area contributed by atoms with Gasteiger partial charge in [0.15, 0.2) is 0 Å². The minimum atomic E-state index is -0.103. The van der Waals surface area contributed by atoms with E-state index in [-0.39, 0.29) is 11.8 Å². The molecule has 0 spiro atoms. The van der Waals surface area contributed by atoms with Crippen molar-refractivity contribution in [1.82, 2.24) is 9.80 Å². The lowest BCUT2D eigenvalue weighted by molar-refractivity contribution is -0.131. The van der Waals surface area contributed by atoms with Gasteiger partial charge in [0, 0.05) is 26.6 Å². The van der Waals surface area contributed by atoms with Crippen molar-refractivity contribution >= 4 is 46.2 Å². The molecule has 0 bridgehead atoms. The minimum absolute atomic E-state index is 0.0548. The second kappa shape index (κ2) is 11.1. The van der Waals surface area contributed by atoms with E-state index in [2.05, 4.69) is 0 Å². The van der Waals surface area contributed by atoms with Crippen molar-refractivity contribution < 1.29 is 14.3 Å². The first-order valence-corrected chi connectivity index (χ1v) is 11.5. The summed E-state index contributed by atoms with van der Waals surface area (Å²) in [6, 6.07) is 17.5. The Kier molecular flexibility index (Phi) is 8.26. The van der Waals surface area contributed by atoms with Crippen molar-refractivity contribution in [3.8, 4) is 5.75 Å². The molecule has 0 saturated carbocycles. The Morgan fingerprint density at radius 3 is 2.55 bits per heavy atom. The average Bonchev–Trinajstić information content (AvgIpc) is 3.03. The fourth-order valence-corrected chi connectivity index (χ4v) is 4.50. The predicted molar refractivity (Wildman–Crippen MR) is 130 cm³/mol. The van der Waals surface area contributed by atoms with Crippen molar-refractivity contribution in [2.45, 2.75) is 26.3 Å². The molecule has 0 atom stereocenters. The molecule has 31 heavy (non-hydrogen) atoms. The van der Waals surface area contributed by atoms with E-state index in [1.165, 1.54) is 11.8 Å². The van der Waals surface area contributed by atoms with Crippen LogP contribution in [0.3, 0.4) is 0 Å². The van der Waals surface area contributed by atoms with Gasteiger partial charge in [0.05, 0.1) is 11.5 Å². The van der Waals surface area contributed by atoms with Crippen molar-refractivity contribution in [3.63, 3.8) is 0 Å². The molecule has 1 saturated heterocycles. The first kappa shape index (κ1) is 23.0. The largest absolute Gasteiger partial charge is 0.494 e. The molecule has 0 unspecified atom stereocenters. The van der Waals surface area contributed by atoms with Gasteiger partial charge in [0.1, 0.15) is 10.1 Å². The van der Waals surface area contributed by atoms with Crippen LogP contribution in [0.25, 0.3) is 6.08 Å². The van der Waals surface area contributed by atoms with Crippen molar-refractivity contribution in [2.24, 2.45) is 0 Å². The summed E-state index contributed by atoms with van der Waals surface area (Å²) in [7, 11) is 1.80. The molecule has 0 aliphatic carbocycles. The van der Waals surface area contributed by atoms with Crippen molar-refractivity contribution in [3.05, 3.63) is 70.6 Å². The lowest BCUT2D eigenvalue weighted by Crippen LogP contribution is -2.31. The molecule has 0 radical (unpaired) electrons. The summed E-state index contributed by atoms with van der Waals surface area (Å²) in [5, 5.41) is 0. The van der Waals surface area contributed by atoms with Gasteiger partial charge < -0.3 is 9.64 Å². The number of thioether (sulfide) groups is 1. The van der Waals surface area contributed by atoms with Gasteiger partial charge in [-0.15, -0.1) is 0 Å². The molecule has 1 fully saturated rings. The van der Waals surface area contributed by atoms with Gasteiger partial charge in [0.25, 0.3) is 5.91 Å². The van der Waals surface area contributed by atoms with E-state index < -0.39 is 0 Å². The molecule has 2 amide bonds. The Balaban J connectivity index is 1.51. The van der Waals surface area contributed by atoms with Crippen LogP contribution < -0.4 is 4.74 Å². The summed E-state index contributed by atoms with van der Waals surface area (Å²) in [6.07, 6.45) is 2.78. The van der Waals surface area contributed by atoms with E-state index in [1.54, 1.807) is 16.8 Å². The Bertz CT molecular complexity index is 959. The molecule has 1 aliphatic heterocycles. The van der Waals surface area contributed by atoms with Crippen molar-refractivity contribution in [1.29, 1.82) is 0 Å². The van der Waals surface area contributed by atoms with Gasteiger partial charge in [-0.1, -0.05) is 66.4 Å². The molecule has 5 nitrogen and oxygen atoms in total. The fourth-order valence-electron chi connectivity index (χ4n) is 3.20. The fraction of sp³-hybridized carbons (Fsp3) is 0.292. The summed E-state index contributed by atoms with van der Waals surface area (Å²) >= 11 is 6.70. The van der Waals surface area contributed by atoms with E-state index in [0.717, 1.165) is 16.9 Å². The van der Waals surface area contributed by atoms with Crippen LogP contribution >= 0.6 is 24.0 Å². The van der Waals surface area contributed by atoms with Crippen LogP contribution in [-0.4, -0.2) is 46.1 Å². The lowest BCUT2D eigenvalue weighted by atomic mass is 10.2. The Morgan fingerprint density at radius 2 is 1.87 bits per heavy atom. The third kappa shape index (κ3) is 6.42. The minimum Gasteiger partial charge on any atom is -0.494 e. The highest BCUT2D eigenvalue weighted by molar-refractivity contribution is 8.26. The first-order valence-electron chi connectivity index (χ1n) is 10.2. The summed E-state index contributed by atoms with van der Waals surface area (Å²) in [5.74, 6) is 0.752. The zero-order valence-electron chi connectivity index (χ0n) is 17.7. The van der Waals surface area contributed by atoms with Crippen LogP contribution in [0.5, 0.6) is 5.75 Å². The number of nitrogens with zero attached hydrogens (tertiary/aromatic N) is 2. The zero-order chi connectivity index (χ0) is 22.2. The van der Waals surface area contributed by atoms with Crippen molar-refractivity contribution in [2.75, 3.05) is 20.2 Å². The maximum absolute atomic E-state index is 12.8. The standard InChI is InChI=1S/C24H26N2O3S2/c1-3-29-20-13-11-18(12-14-20)16-21-23(28)26(24(30)31-21)15-7-10-22(27)25(2)17-19-8-5-4-6-9-19/h4-6,8-9,11-14,16H,3,7,10,15,17H2,1-2H3. The molecule has 3 rings (SSSR count). The monoisotopic (exact) mass is 454 g/mol. The normalized spacial score (nSPS) is 14.9. The number of hydrogen-bond acceptors (Lipinski definition) is 5. The second-order valence-electron chi connectivity index (χ2n) is 7.17. The van der Waals surface area contributed by atoms with Gasteiger partial charge in [-0.3, -0.25) is 14.5 Å². The molecule has 2 aromatic rings. The van der Waals surface area contributed by atoms with Gasteiger partial charge >= 0.3 is 0 Å². The predicted octanol–water partition coefficient (Wildman–Crippen LogP) is 4.73. The number of thiocarbonyl (C=S) groups is 1. The van der Waals surface area contributed by atoms with Crippen LogP contribution in [0.2, 0.25) is 0 Å². The summed E-state index contributed by atoms with van der Waals surface area (Å²) in [5.41, 5.74) is 2.01. The summed E-state index contributed by atoms with van der Waals surface area (Å²) in [6.45, 7) is 3.57. The Hall–Kier alpha value is -2.64. The molecule has 162 valence electrons.